The molecule has 0 radical (unpaired) electrons. The van der Waals surface area contributed by atoms with Gasteiger partial charge in [-0.05, 0) is 45.2 Å². The molecule has 0 bridgehead atoms. The lowest BCUT2D eigenvalue weighted by Gasteiger charge is -2.37. The molecule has 1 N–H and O–H groups in total. The first kappa shape index (κ1) is 20.3. The summed E-state index contributed by atoms with van der Waals surface area (Å²) in [6.07, 6.45) is 0.537. The molecule has 1 aliphatic heterocycles. The Morgan fingerprint density at radius 2 is 2.00 bits per heavy atom. The van der Waals surface area contributed by atoms with E-state index in [1.165, 1.54) is 18.4 Å². The maximum atomic E-state index is 13.4. The number of hydrogen-bond acceptors (Lipinski definition) is 7. The highest BCUT2D eigenvalue weighted by atomic mass is 32.1. The van der Waals surface area contributed by atoms with Gasteiger partial charge in [0.25, 0.3) is 0 Å². The average molecular weight is 404 g/mol. The van der Waals surface area contributed by atoms with Crippen molar-refractivity contribution in [1.29, 1.82) is 0 Å². The van der Waals surface area contributed by atoms with E-state index >= 15 is 0 Å². The predicted molar refractivity (Wildman–Crippen MR) is 106 cm³/mol. The Morgan fingerprint density at radius 3 is 2.57 bits per heavy atom. The number of ketones is 1. The summed E-state index contributed by atoms with van der Waals surface area (Å²) in [7, 11) is 1.29. The molecule has 1 aromatic heterocycles. The van der Waals surface area contributed by atoms with Gasteiger partial charge >= 0.3 is 11.9 Å². The zero-order valence-corrected chi connectivity index (χ0v) is 17.6. The number of rotatable bonds is 4. The van der Waals surface area contributed by atoms with Crippen molar-refractivity contribution in [3.8, 4) is 0 Å². The smallest absolute Gasteiger partial charge is 0.336 e. The minimum absolute atomic E-state index is 0.186. The number of esters is 2. The molecule has 7 heteroatoms. The second-order valence-electron chi connectivity index (χ2n) is 7.20. The number of methoxy groups -OCH3 is 1. The van der Waals surface area contributed by atoms with Crippen LogP contribution in [-0.4, -0.2) is 31.4 Å². The third kappa shape index (κ3) is 3.39. The summed E-state index contributed by atoms with van der Waals surface area (Å²) in [4.78, 5) is 40.5. The van der Waals surface area contributed by atoms with Crippen LogP contribution in [0, 0.1) is 18.8 Å². The first-order valence-corrected chi connectivity index (χ1v) is 10.2. The summed E-state index contributed by atoms with van der Waals surface area (Å²) < 4.78 is 10.2. The van der Waals surface area contributed by atoms with Crippen LogP contribution < -0.4 is 5.32 Å². The zero-order chi connectivity index (χ0) is 20.6. The monoisotopic (exact) mass is 403 g/mol. The summed E-state index contributed by atoms with van der Waals surface area (Å²) in [6.45, 7) is 7.67. The molecule has 28 heavy (non-hydrogen) atoms. The molecule has 3 rings (SSSR count). The number of hydrogen-bond donors (Lipinski definition) is 1. The normalized spacial score (nSPS) is 24.6. The molecule has 0 saturated heterocycles. The van der Waals surface area contributed by atoms with Gasteiger partial charge in [0.05, 0.1) is 25.2 Å². The van der Waals surface area contributed by atoms with Crippen molar-refractivity contribution in [2.75, 3.05) is 13.7 Å². The molecule has 0 spiro atoms. The van der Waals surface area contributed by atoms with Gasteiger partial charge in [-0.1, -0.05) is 6.92 Å². The van der Waals surface area contributed by atoms with Gasteiger partial charge < -0.3 is 14.8 Å². The Labute approximate surface area is 168 Å². The molecule has 0 aromatic carbocycles. The summed E-state index contributed by atoms with van der Waals surface area (Å²) in [5, 5.41) is 3.24. The van der Waals surface area contributed by atoms with Crippen LogP contribution in [0.4, 0.5) is 0 Å². The van der Waals surface area contributed by atoms with E-state index in [9.17, 15) is 14.4 Å². The van der Waals surface area contributed by atoms with E-state index < -0.39 is 23.8 Å². The van der Waals surface area contributed by atoms with Crippen LogP contribution >= 0.6 is 11.3 Å². The Morgan fingerprint density at radius 1 is 1.29 bits per heavy atom. The van der Waals surface area contributed by atoms with Crippen LogP contribution in [-0.2, 0) is 23.9 Å². The number of allylic oxidation sites excluding steroid dienone is 3. The van der Waals surface area contributed by atoms with E-state index in [4.69, 9.17) is 9.47 Å². The molecular weight excluding hydrogens is 378 g/mol. The first-order valence-electron chi connectivity index (χ1n) is 9.36. The summed E-state index contributed by atoms with van der Waals surface area (Å²) in [6, 6.07) is 3.90. The molecule has 2 aliphatic rings. The zero-order valence-electron chi connectivity index (χ0n) is 16.8. The van der Waals surface area contributed by atoms with Crippen LogP contribution in [0.1, 0.15) is 42.9 Å². The van der Waals surface area contributed by atoms with Gasteiger partial charge in [0, 0.05) is 26.7 Å². The summed E-state index contributed by atoms with van der Waals surface area (Å²) >= 11 is 1.54. The molecule has 1 aromatic rings. The van der Waals surface area contributed by atoms with E-state index in [1.807, 2.05) is 32.9 Å². The number of ether oxygens (including phenoxy) is 2. The maximum absolute atomic E-state index is 13.4. The van der Waals surface area contributed by atoms with Crippen LogP contribution in [0.5, 0.6) is 0 Å². The molecule has 1 aliphatic carbocycles. The molecule has 0 unspecified atom stereocenters. The van der Waals surface area contributed by atoms with Crippen molar-refractivity contribution in [2.24, 2.45) is 11.8 Å². The highest BCUT2D eigenvalue weighted by molar-refractivity contribution is 7.12. The van der Waals surface area contributed by atoms with Gasteiger partial charge in [0.15, 0.2) is 5.78 Å². The second kappa shape index (κ2) is 7.91. The average Bonchev–Trinajstić information content (AvgIpc) is 3.06. The van der Waals surface area contributed by atoms with Crippen molar-refractivity contribution in [2.45, 2.75) is 40.0 Å². The number of Topliss-reactive ketones (excluding diaryl/α,β-unsaturated/α-hetero) is 1. The number of carbonyl (C=O) groups is 3. The van der Waals surface area contributed by atoms with Gasteiger partial charge in [-0.3, -0.25) is 9.59 Å². The van der Waals surface area contributed by atoms with Gasteiger partial charge in [0.2, 0.25) is 0 Å². The molecular formula is C21H25NO5S. The van der Waals surface area contributed by atoms with Gasteiger partial charge in [-0.2, -0.15) is 0 Å². The van der Waals surface area contributed by atoms with Gasteiger partial charge in [-0.15, -0.1) is 11.3 Å². The topological polar surface area (TPSA) is 81.7 Å². The Balaban J connectivity index is 2.16. The van der Waals surface area contributed by atoms with Gasteiger partial charge in [-0.25, -0.2) is 4.79 Å². The van der Waals surface area contributed by atoms with Crippen molar-refractivity contribution >= 4 is 29.1 Å². The lowest BCUT2D eigenvalue weighted by molar-refractivity contribution is -0.151. The van der Waals surface area contributed by atoms with Crippen molar-refractivity contribution < 1.29 is 23.9 Å². The van der Waals surface area contributed by atoms with Crippen molar-refractivity contribution in [3.05, 3.63) is 44.4 Å². The van der Waals surface area contributed by atoms with E-state index in [0.29, 0.717) is 23.3 Å². The largest absolute Gasteiger partial charge is 0.468 e. The van der Waals surface area contributed by atoms with Crippen LogP contribution in [0.2, 0.25) is 0 Å². The quantitative estimate of drug-likeness (QED) is 0.614. The first-order chi connectivity index (χ1) is 13.3. The minimum atomic E-state index is -0.865. The molecule has 3 atom stereocenters. The third-order valence-corrected chi connectivity index (χ3v) is 6.35. The number of thiophene rings is 1. The second-order valence-corrected chi connectivity index (χ2v) is 8.52. The number of nitrogens with one attached hydrogen (secondary N) is 1. The fourth-order valence-electron chi connectivity index (χ4n) is 4.05. The Bertz CT molecular complexity index is 894. The van der Waals surface area contributed by atoms with Crippen LogP contribution in [0.3, 0.4) is 0 Å². The Hall–Kier alpha value is -2.41. The highest BCUT2D eigenvalue weighted by Gasteiger charge is 2.47. The fourth-order valence-corrected chi connectivity index (χ4v) is 5.05. The summed E-state index contributed by atoms with van der Waals surface area (Å²) in [5.74, 6) is -2.85. The number of carbonyl (C=O) groups excluding carboxylic acids is 3. The van der Waals surface area contributed by atoms with Crippen LogP contribution in [0.25, 0.3) is 0 Å². The van der Waals surface area contributed by atoms with Crippen molar-refractivity contribution in [1.82, 2.24) is 5.32 Å². The van der Waals surface area contributed by atoms with E-state index in [0.717, 1.165) is 15.5 Å². The third-order valence-electron chi connectivity index (χ3n) is 5.28. The predicted octanol–water partition coefficient (Wildman–Crippen LogP) is 3.23. The van der Waals surface area contributed by atoms with E-state index in [-0.39, 0.29) is 18.3 Å². The summed E-state index contributed by atoms with van der Waals surface area (Å²) in [5.41, 5.74) is 2.36. The fraction of sp³-hybridized carbons (Fsp3) is 0.476. The molecule has 0 saturated carbocycles. The number of aryl methyl sites for hydroxylation is 1. The van der Waals surface area contributed by atoms with Crippen molar-refractivity contribution in [3.63, 3.8) is 0 Å². The SMILES string of the molecule is CCOC(=O)C1=C(C)NC2=C(C(=O)[C@H](C(=O)OC)[C@@H](C)C2)[C@H]1c1ccc(C)s1. The molecule has 150 valence electrons. The van der Waals surface area contributed by atoms with E-state index in [2.05, 4.69) is 5.32 Å². The minimum Gasteiger partial charge on any atom is -0.468 e. The maximum Gasteiger partial charge on any atom is 0.336 e. The molecule has 0 fully saturated rings. The van der Waals surface area contributed by atoms with Crippen LogP contribution in [0.15, 0.2) is 34.7 Å². The highest BCUT2D eigenvalue weighted by Crippen LogP contribution is 2.46. The molecule has 2 heterocycles. The Kier molecular flexibility index (Phi) is 5.74. The lowest BCUT2D eigenvalue weighted by atomic mass is 9.70. The standard InChI is InChI=1S/C21H25NO5S/c1-6-27-21(25)16-12(4)22-13-9-10(2)15(20(24)26-5)19(23)17(13)18(16)14-8-7-11(3)28-14/h7-8,10,15,18,22H,6,9H2,1-5H3/t10-,15+,18-/m0/s1. The van der Waals surface area contributed by atoms with E-state index in [1.54, 1.807) is 6.92 Å². The molecule has 6 nitrogen and oxygen atoms in total. The lowest BCUT2D eigenvalue weighted by Crippen LogP contribution is -2.43. The molecule has 0 amide bonds. The number of dihydropyridines is 1. The van der Waals surface area contributed by atoms with Gasteiger partial charge in [0.1, 0.15) is 5.92 Å².